The lowest BCUT2D eigenvalue weighted by molar-refractivity contribution is -0.137. The van der Waals surface area contributed by atoms with Crippen LogP contribution in [0.4, 0.5) is 41.9 Å². The first kappa shape index (κ1) is 19.4. The molecule has 0 unspecified atom stereocenters. The minimum atomic E-state index is -4.44. The fourth-order valence-corrected chi connectivity index (χ4v) is 2.98. The van der Waals surface area contributed by atoms with Crippen LogP contribution in [0.3, 0.4) is 0 Å². The van der Waals surface area contributed by atoms with E-state index in [4.69, 9.17) is 5.73 Å². The second kappa shape index (κ2) is 7.51. The lowest BCUT2D eigenvalue weighted by Gasteiger charge is -2.14. The summed E-state index contributed by atoms with van der Waals surface area (Å²) in [5.74, 6) is 0.506. The van der Waals surface area contributed by atoms with Crippen molar-refractivity contribution in [3.63, 3.8) is 0 Å². The summed E-state index contributed by atoms with van der Waals surface area (Å²) in [6.07, 6.45) is -3.17. The topological polar surface area (TPSA) is 88.8 Å². The molecule has 0 spiro atoms. The number of nitrogen functional groups attached to an aromatic ring is 1. The Morgan fingerprint density at radius 2 is 1.63 bits per heavy atom. The number of nitrogens with one attached hydrogen (secondary N) is 2. The van der Waals surface area contributed by atoms with Crippen LogP contribution in [0.5, 0.6) is 0 Å². The molecule has 9 heteroatoms. The van der Waals surface area contributed by atoms with Gasteiger partial charge in [0.05, 0.1) is 16.8 Å². The summed E-state index contributed by atoms with van der Waals surface area (Å²) < 4.78 is 38.9. The molecule has 0 aliphatic rings. The first-order chi connectivity index (χ1) is 14.3. The molecule has 0 saturated heterocycles. The number of anilines is 5. The number of benzene rings is 2. The van der Waals surface area contributed by atoms with Gasteiger partial charge in [-0.1, -0.05) is 24.3 Å². The first-order valence-electron chi connectivity index (χ1n) is 8.99. The van der Waals surface area contributed by atoms with E-state index < -0.39 is 11.7 Å². The number of hydrogen-bond donors (Lipinski definition) is 3. The molecule has 4 rings (SSSR count). The van der Waals surface area contributed by atoms with Gasteiger partial charge < -0.3 is 16.4 Å². The number of aryl methyl sites for hydroxylation is 1. The second-order valence-electron chi connectivity index (χ2n) is 6.64. The third-order valence-electron chi connectivity index (χ3n) is 4.45. The molecule has 0 aliphatic carbocycles. The molecule has 152 valence electrons. The molecule has 0 atom stereocenters. The third kappa shape index (κ3) is 3.95. The van der Waals surface area contributed by atoms with Crippen molar-refractivity contribution in [2.45, 2.75) is 13.1 Å². The smallest absolute Gasteiger partial charge is 0.393 e. The maximum Gasteiger partial charge on any atom is 0.416 e. The number of rotatable bonds is 4. The number of fused-ring (bicyclic) bond motifs is 1. The molecule has 0 radical (unpaired) electrons. The highest BCUT2D eigenvalue weighted by atomic mass is 19.4. The van der Waals surface area contributed by atoms with Crippen LogP contribution in [0.2, 0.25) is 0 Å². The van der Waals surface area contributed by atoms with E-state index in [0.717, 1.165) is 28.7 Å². The standard InChI is InChI=1S/C21H17F3N6/c1-12-8-9-13-4-2-7-16(18(13)28-12)30-20-17(25)19(26-11-27-20)29-15-6-3-5-14(10-15)21(22,23)24/h2-11H,25H2,1H3,(H2,26,27,29,30). The van der Waals surface area contributed by atoms with Crippen molar-refractivity contribution in [3.05, 3.63) is 72.2 Å². The van der Waals surface area contributed by atoms with E-state index in [0.29, 0.717) is 11.5 Å². The van der Waals surface area contributed by atoms with Gasteiger partial charge in [-0.15, -0.1) is 0 Å². The zero-order chi connectivity index (χ0) is 21.3. The summed E-state index contributed by atoms with van der Waals surface area (Å²) in [6.45, 7) is 1.90. The van der Waals surface area contributed by atoms with Crippen molar-refractivity contribution in [1.82, 2.24) is 15.0 Å². The molecule has 6 nitrogen and oxygen atoms in total. The van der Waals surface area contributed by atoms with Gasteiger partial charge in [0, 0.05) is 16.8 Å². The zero-order valence-electron chi connectivity index (χ0n) is 15.8. The van der Waals surface area contributed by atoms with Gasteiger partial charge in [0.2, 0.25) is 0 Å². The van der Waals surface area contributed by atoms with E-state index in [1.165, 1.54) is 18.5 Å². The Balaban J connectivity index is 1.66. The molecule has 4 aromatic rings. The number of alkyl halides is 3. The molecule has 0 fully saturated rings. The second-order valence-corrected chi connectivity index (χ2v) is 6.64. The molecule has 0 amide bonds. The summed E-state index contributed by atoms with van der Waals surface area (Å²) in [7, 11) is 0. The maximum atomic E-state index is 13.0. The average Bonchev–Trinajstić information content (AvgIpc) is 2.71. The maximum absolute atomic E-state index is 13.0. The molecule has 2 aromatic carbocycles. The number of halogens is 3. The predicted octanol–water partition coefficient (Wildman–Crippen LogP) is 5.42. The molecule has 0 aliphatic heterocycles. The summed E-state index contributed by atoms with van der Waals surface area (Å²) in [4.78, 5) is 12.8. The fourth-order valence-electron chi connectivity index (χ4n) is 2.98. The Hall–Kier alpha value is -3.88. The number of aromatic nitrogens is 3. The van der Waals surface area contributed by atoms with Crippen LogP contribution in [-0.2, 0) is 6.18 Å². The van der Waals surface area contributed by atoms with Gasteiger partial charge in [0.15, 0.2) is 11.6 Å². The van der Waals surface area contributed by atoms with E-state index >= 15 is 0 Å². The van der Waals surface area contributed by atoms with Crippen molar-refractivity contribution in [1.29, 1.82) is 0 Å². The number of para-hydroxylation sites is 1. The van der Waals surface area contributed by atoms with Crippen LogP contribution in [0.1, 0.15) is 11.3 Å². The van der Waals surface area contributed by atoms with Gasteiger partial charge in [-0.05, 0) is 37.3 Å². The molecule has 0 bridgehead atoms. The quantitative estimate of drug-likeness (QED) is 0.416. The highest BCUT2D eigenvalue weighted by Crippen LogP contribution is 2.33. The van der Waals surface area contributed by atoms with Crippen molar-refractivity contribution in [2.75, 3.05) is 16.4 Å². The molecule has 2 heterocycles. The van der Waals surface area contributed by atoms with E-state index in [1.54, 1.807) is 0 Å². The molecule has 0 saturated carbocycles. The zero-order valence-corrected chi connectivity index (χ0v) is 15.8. The SMILES string of the molecule is Cc1ccc2cccc(Nc3ncnc(Nc4cccc(C(F)(F)F)c4)c3N)c2n1. The summed E-state index contributed by atoms with van der Waals surface area (Å²) in [5.41, 5.74) is 8.11. The molecule has 2 aromatic heterocycles. The van der Waals surface area contributed by atoms with Crippen LogP contribution >= 0.6 is 0 Å². The van der Waals surface area contributed by atoms with E-state index in [9.17, 15) is 13.2 Å². The highest BCUT2D eigenvalue weighted by molar-refractivity contribution is 5.93. The molecular weight excluding hydrogens is 393 g/mol. The number of nitrogens with two attached hydrogens (primary N) is 1. The minimum Gasteiger partial charge on any atom is -0.393 e. The monoisotopic (exact) mass is 410 g/mol. The summed E-state index contributed by atoms with van der Waals surface area (Å²) in [6, 6.07) is 14.3. The van der Waals surface area contributed by atoms with Crippen molar-refractivity contribution < 1.29 is 13.2 Å². The van der Waals surface area contributed by atoms with Gasteiger partial charge in [0.25, 0.3) is 0 Å². The van der Waals surface area contributed by atoms with Gasteiger partial charge in [-0.2, -0.15) is 13.2 Å². The Morgan fingerprint density at radius 3 is 2.40 bits per heavy atom. The van der Waals surface area contributed by atoms with Crippen molar-refractivity contribution in [3.8, 4) is 0 Å². The van der Waals surface area contributed by atoms with Crippen LogP contribution in [0.25, 0.3) is 10.9 Å². The fraction of sp³-hybridized carbons (Fsp3) is 0.0952. The Kier molecular flexibility index (Phi) is 4.86. The van der Waals surface area contributed by atoms with E-state index in [2.05, 4.69) is 25.6 Å². The molecule has 4 N–H and O–H groups in total. The number of hydrogen-bond acceptors (Lipinski definition) is 6. The van der Waals surface area contributed by atoms with Gasteiger partial charge in [-0.25, -0.2) is 9.97 Å². The lowest BCUT2D eigenvalue weighted by atomic mass is 10.1. The van der Waals surface area contributed by atoms with Gasteiger partial charge >= 0.3 is 6.18 Å². The summed E-state index contributed by atoms with van der Waals surface area (Å²) >= 11 is 0. The molecule has 30 heavy (non-hydrogen) atoms. The number of pyridine rings is 1. The van der Waals surface area contributed by atoms with Crippen LogP contribution < -0.4 is 16.4 Å². The number of nitrogens with zero attached hydrogens (tertiary/aromatic N) is 3. The van der Waals surface area contributed by atoms with Crippen molar-refractivity contribution >= 4 is 39.6 Å². The Labute approximate surface area is 170 Å². The van der Waals surface area contributed by atoms with Crippen LogP contribution in [-0.4, -0.2) is 15.0 Å². The third-order valence-corrected chi connectivity index (χ3v) is 4.45. The Morgan fingerprint density at radius 1 is 0.900 bits per heavy atom. The normalized spacial score (nSPS) is 11.5. The summed E-state index contributed by atoms with van der Waals surface area (Å²) in [5, 5.41) is 6.92. The molecular formula is C21H17F3N6. The Bertz CT molecular complexity index is 1220. The van der Waals surface area contributed by atoms with E-state index in [-0.39, 0.29) is 17.2 Å². The lowest BCUT2D eigenvalue weighted by Crippen LogP contribution is -2.07. The largest absolute Gasteiger partial charge is 0.416 e. The average molecular weight is 410 g/mol. The van der Waals surface area contributed by atoms with Gasteiger partial charge in [-0.3, -0.25) is 4.98 Å². The first-order valence-corrected chi connectivity index (χ1v) is 8.99. The van der Waals surface area contributed by atoms with Crippen LogP contribution in [0, 0.1) is 6.92 Å². The predicted molar refractivity (Wildman–Crippen MR) is 111 cm³/mol. The minimum absolute atomic E-state index is 0.166. The van der Waals surface area contributed by atoms with E-state index in [1.807, 2.05) is 37.3 Å². The van der Waals surface area contributed by atoms with Crippen LogP contribution in [0.15, 0.2) is 60.9 Å². The van der Waals surface area contributed by atoms with Gasteiger partial charge in [0.1, 0.15) is 12.0 Å². The highest BCUT2D eigenvalue weighted by Gasteiger charge is 2.30. The van der Waals surface area contributed by atoms with Crippen molar-refractivity contribution in [2.24, 2.45) is 0 Å².